The number of hydrogen-bond acceptors (Lipinski definition) is 5. The van der Waals surface area contributed by atoms with Gasteiger partial charge in [0.1, 0.15) is 15.5 Å². The van der Waals surface area contributed by atoms with Crippen molar-refractivity contribution in [3.05, 3.63) is 41.2 Å². The topological polar surface area (TPSA) is 54.0 Å². The molecule has 4 aromatic heterocycles. The second-order valence-electron chi connectivity index (χ2n) is 7.08. The fourth-order valence-electron chi connectivity index (χ4n) is 3.83. The summed E-state index contributed by atoms with van der Waals surface area (Å²) in [5, 5.41) is 10.1. The van der Waals surface area contributed by atoms with Crippen LogP contribution in [0.1, 0.15) is 29.3 Å². The summed E-state index contributed by atoms with van der Waals surface area (Å²) in [6.07, 6.45) is 8.50. The van der Waals surface area contributed by atoms with Gasteiger partial charge in [-0.2, -0.15) is 0 Å². The van der Waals surface area contributed by atoms with E-state index in [0.29, 0.717) is 5.92 Å². The van der Waals surface area contributed by atoms with Crippen molar-refractivity contribution in [3.63, 3.8) is 0 Å². The summed E-state index contributed by atoms with van der Waals surface area (Å²) in [5.41, 5.74) is 3.14. The molecule has 7 heteroatoms. The Morgan fingerprint density at radius 1 is 1.19 bits per heavy atom. The first-order chi connectivity index (χ1) is 12.7. The number of nitriles is 1. The molecule has 4 nitrogen and oxygen atoms in total. The van der Waals surface area contributed by atoms with Crippen LogP contribution in [-0.4, -0.2) is 21.1 Å². The van der Waals surface area contributed by atoms with Gasteiger partial charge in [0, 0.05) is 28.8 Å². The number of rotatable bonds is 2. The van der Waals surface area contributed by atoms with Crippen LogP contribution in [0.4, 0.5) is 0 Å². The highest BCUT2D eigenvalue weighted by molar-refractivity contribution is 7.28. The van der Waals surface area contributed by atoms with Crippen molar-refractivity contribution < 1.29 is 0 Å². The van der Waals surface area contributed by atoms with Gasteiger partial charge in [-0.05, 0) is 31.0 Å². The first kappa shape index (κ1) is 16.0. The molecule has 1 saturated heterocycles. The Morgan fingerprint density at radius 2 is 2.04 bits per heavy atom. The van der Waals surface area contributed by atoms with E-state index in [0.717, 1.165) is 52.2 Å². The molecule has 26 heavy (non-hydrogen) atoms. The van der Waals surface area contributed by atoms with Gasteiger partial charge in [-0.3, -0.25) is 0 Å². The molecule has 0 radical (unpaired) electrons. The van der Waals surface area contributed by atoms with E-state index in [1.807, 2.05) is 24.5 Å². The van der Waals surface area contributed by atoms with E-state index in [4.69, 9.17) is 10.2 Å². The molecule has 0 aliphatic carbocycles. The second kappa shape index (κ2) is 6.22. The van der Waals surface area contributed by atoms with E-state index < -0.39 is 0 Å². The summed E-state index contributed by atoms with van der Waals surface area (Å²) < 4.78 is 3.35. The molecule has 1 aliphatic rings. The molecule has 0 unspecified atom stereocenters. The van der Waals surface area contributed by atoms with Crippen LogP contribution >= 0.6 is 22.7 Å². The molecule has 0 N–H and O–H groups in total. The van der Waals surface area contributed by atoms with Crippen molar-refractivity contribution in [2.75, 3.05) is 0 Å². The second-order valence-corrected chi connectivity index (χ2v) is 9.17. The lowest BCUT2D eigenvalue weighted by atomic mass is 9.42. The van der Waals surface area contributed by atoms with E-state index >= 15 is 0 Å². The van der Waals surface area contributed by atoms with Gasteiger partial charge in [0.05, 0.1) is 10.4 Å². The van der Waals surface area contributed by atoms with Gasteiger partial charge >= 0.3 is 0 Å². The zero-order valence-corrected chi connectivity index (χ0v) is 16.1. The maximum Gasteiger partial charge on any atom is 0.267 e. The van der Waals surface area contributed by atoms with Gasteiger partial charge < -0.3 is 4.40 Å². The van der Waals surface area contributed by atoms with Crippen LogP contribution < -0.4 is 0 Å². The molecule has 0 aromatic carbocycles. The predicted octanol–water partition coefficient (Wildman–Crippen LogP) is 5.42. The van der Waals surface area contributed by atoms with Crippen molar-refractivity contribution in [2.45, 2.75) is 38.3 Å². The molecule has 128 valence electrons. The standard InChI is InChI=1S/C19H17BN4S2/c1-12-9-24-10-14(2-3-17(24)22-12)18-23-19-16(26-18)8-15(25-19)13-4-6-20(11-21)7-5-13/h2-3,8-10,13H,4-7H2,1H3. The highest BCUT2D eigenvalue weighted by atomic mass is 32.1. The third kappa shape index (κ3) is 2.74. The Kier molecular flexibility index (Phi) is 3.84. The summed E-state index contributed by atoms with van der Waals surface area (Å²) >= 11 is 3.60. The van der Waals surface area contributed by atoms with E-state index in [9.17, 15) is 0 Å². The molecule has 4 aromatic rings. The lowest BCUT2D eigenvalue weighted by Crippen LogP contribution is -2.18. The zero-order valence-electron chi connectivity index (χ0n) is 14.5. The van der Waals surface area contributed by atoms with E-state index in [1.165, 1.54) is 9.58 Å². The van der Waals surface area contributed by atoms with Gasteiger partial charge in [-0.15, -0.1) is 22.7 Å². The Labute approximate surface area is 160 Å². The van der Waals surface area contributed by atoms with Crippen molar-refractivity contribution in [1.29, 1.82) is 5.26 Å². The average Bonchev–Trinajstić information content (AvgIpc) is 3.32. The molecular formula is C19H17BN4S2. The Hall–Kier alpha value is -2.17. The number of fused-ring (bicyclic) bond motifs is 2. The Balaban J connectivity index is 1.43. The van der Waals surface area contributed by atoms with Crippen molar-refractivity contribution >= 4 is 44.6 Å². The van der Waals surface area contributed by atoms with Crippen molar-refractivity contribution in [3.8, 4) is 16.5 Å². The number of aryl methyl sites for hydroxylation is 1. The van der Waals surface area contributed by atoms with Crippen LogP contribution in [0.3, 0.4) is 0 Å². The van der Waals surface area contributed by atoms with E-state index in [1.54, 1.807) is 11.3 Å². The normalized spacial score (nSPS) is 15.8. The van der Waals surface area contributed by atoms with Gasteiger partial charge in [-0.1, -0.05) is 25.5 Å². The molecular weight excluding hydrogens is 359 g/mol. The molecule has 0 spiro atoms. The number of nitrogens with zero attached hydrogens (tertiary/aromatic N) is 4. The van der Waals surface area contributed by atoms with Crippen LogP contribution in [0.5, 0.6) is 0 Å². The smallest absolute Gasteiger partial charge is 0.267 e. The number of aromatic nitrogens is 3. The first-order valence-electron chi connectivity index (χ1n) is 8.95. The van der Waals surface area contributed by atoms with Gasteiger partial charge in [0.2, 0.25) is 0 Å². The highest BCUT2D eigenvalue weighted by Crippen LogP contribution is 2.42. The van der Waals surface area contributed by atoms with Crippen LogP contribution in [0.2, 0.25) is 12.6 Å². The van der Waals surface area contributed by atoms with Crippen LogP contribution in [0, 0.1) is 18.2 Å². The summed E-state index contributed by atoms with van der Waals surface area (Å²) in [7, 11) is 0. The summed E-state index contributed by atoms with van der Waals surface area (Å²) in [6, 6.07) is 6.49. The SMILES string of the molecule is Cc1cn2cc(-c3nc4sc(C5CCB(C#N)CC5)cc4s3)ccc2n1. The minimum absolute atomic E-state index is 0.263. The monoisotopic (exact) mass is 376 g/mol. The lowest BCUT2D eigenvalue weighted by molar-refractivity contribution is 0.621. The van der Waals surface area contributed by atoms with E-state index in [2.05, 4.69) is 39.7 Å². The summed E-state index contributed by atoms with van der Waals surface area (Å²) in [5.74, 6) is 3.03. The maximum atomic E-state index is 9.07. The predicted molar refractivity (Wildman–Crippen MR) is 109 cm³/mol. The third-order valence-corrected chi connectivity index (χ3v) is 7.61. The molecule has 0 bridgehead atoms. The largest absolute Gasteiger partial charge is 0.306 e. The molecule has 5 rings (SSSR count). The number of thiazole rings is 1. The third-order valence-electron chi connectivity index (χ3n) is 5.24. The minimum atomic E-state index is 0.263. The highest BCUT2D eigenvalue weighted by Gasteiger charge is 2.26. The Bertz CT molecular complexity index is 1110. The maximum absolute atomic E-state index is 9.07. The molecule has 0 saturated carbocycles. The molecule has 0 amide bonds. The van der Waals surface area contributed by atoms with Gasteiger partial charge in [0.15, 0.2) is 0 Å². The molecule has 1 aliphatic heterocycles. The van der Waals surface area contributed by atoms with E-state index in [-0.39, 0.29) is 6.71 Å². The van der Waals surface area contributed by atoms with Crippen LogP contribution in [0.25, 0.3) is 25.7 Å². The van der Waals surface area contributed by atoms with Crippen molar-refractivity contribution in [1.82, 2.24) is 14.4 Å². The quantitative estimate of drug-likeness (QED) is 0.439. The summed E-state index contributed by atoms with van der Waals surface area (Å²) in [4.78, 5) is 12.0. The number of thiophene rings is 1. The minimum Gasteiger partial charge on any atom is -0.306 e. The van der Waals surface area contributed by atoms with Gasteiger partial charge in [0.25, 0.3) is 6.71 Å². The van der Waals surface area contributed by atoms with Crippen molar-refractivity contribution in [2.24, 2.45) is 0 Å². The fraction of sp³-hybridized carbons (Fsp3) is 0.316. The fourth-order valence-corrected chi connectivity index (χ4v) is 6.21. The number of imidazole rings is 1. The lowest BCUT2D eigenvalue weighted by Gasteiger charge is -2.21. The average molecular weight is 376 g/mol. The zero-order chi connectivity index (χ0) is 17.7. The molecule has 0 atom stereocenters. The van der Waals surface area contributed by atoms with Crippen LogP contribution in [0.15, 0.2) is 30.6 Å². The number of pyridine rings is 1. The molecule has 5 heterocycles. The Morgan fingerprint density at radius 3 is 2.81 bits per heavy atom. The summed E-state index contributed by atoms with van der Waals surface area (Å²) in [6.45, 7) is 2.27. The van der Waals surface area contributed by atoms with Crippen LogP contribution in [-0.2, 0) is 0 Å². The number of hydrogen-bond donors (Lipinski definition) is 0. The van der Waals surface area contributed by atoms with Gasteiger partial charge in [-0.25, -0.2) is 15.2 Å². The first-order valence-corrected chi connectivity index (χ1v) is 10.6. The molecule has 1 fully saturated rings.